The van der Waals surface area contributed by atoms with Gasteiger partial charge in [0.15, 0.2) is 0 Å². The molecule has 2 rings (SSSR count). The van der Waals surface area contributed by atoms with E-state index in [4.69, 9.17) is 0 Å². The molecule has 2 amide bonds. The first-order valence-electron chi connectivity index (χ1n) is 7.68. The zero-order chi connectivity index (χ0) is 15.2. The lowest BCUT2D eigenvalue weighted by molar-refractivity contribution is 0.179. The number of nitrogens with one attached hydrogen (secondary N) is 2. The van der Waals surface area contributed by atoms with Crippen LogP contribution in [0.15, 0.2) is 0 Å². The number of nitrogens with zero attached hydrogens (tertiary/aromatic N) is 1. The zero-order valence-corrected chi connectivity index (χ0v) is 13.6. The van der Waals surface area contributed by atoms with Gasteiger partial charge < -0.3 is 15.7 Å². The van der Waals surface area contributed by atoms with E-state index in [-0.39, 0.29) is 24.6 Å². The minimum atomic E-state index is -0.162. The van der Waals surface area contributed by atoms with Crippen LogP contribution in [0.4, 0.5) is 4.79 Å². The summed E-state index contributed by atoms with van der Waals surface area (Å²) in [4.78, 5) is 17.6. The predicted octanol–water partition coefficient (Wildman–Crippen LogP) is 2.50. The fraction of sp³-hybridized carbons (Fsp3) is 0.733. The Labute approximate surface area is 130 Å². The molecule has 1 aliphatic rings. The summed E-state index contributed by atoms with van der Waals surface area (Å²) in [7, 11) is 0. The van der Waals surface area contributed by atoms with Gasteiger partial charge in [0.05, 0.1) is 17.2 Å². The lowest BCUT2D eigenvalue weighted by Gasteiger charge is -2.24. The first-order chi connectivity index (χ1) is 10.1. The quantitative estimate of drug-likeness (QED) is 0.748. The summed E-state index contributed by atoms with van der Waals surface area (Å²) in [6, 6.07) is -0.0822. The first-order valence-corrected chi connectivity index (χ1v) is 8.50. The van der Waals surface area contributed by atoms with Gasteiger partial charge in [-0.2, -0.15) is 0 Å². The molecule has 0 bridgehead atoms. The molecule has 118 valence electrons. The molecule has 1 heterocycles. The molecule has 0 aliphatic heterocycles. The van der Waals surface area contributed by atoms with E-state index in [9.17, 15) is 9.90 Å². The molecule has 1 aliphatic carbocycles. The van der Waals surface area contributed by atoms with Crippen molar-refractivity contribution < 1.29 is 9.90 Å². The van der Waals surface area contributed by atoms with Crippen LogP contribution in [0.3, 0.4) is 0 Å². The Morgan fingerprint density at radius 1 is 1.33 bits per heavy atom. The van der Waals surface area contributed by atoms with Crippen molar-refractivity contribution in [2.75, 3.05) is 6.61 Å². The summed E-state index contributed by atoms with van der Waals surface area (Å²) in [5, 5.41) is 16.4. The molecular formula is C15H25N3O2S. The average Bonchev–Trinajstić information content (AvgIpc) is 2.64. The van der Waals surface area contributed by atoms with Crippen LogP contribution < -0.4 is 10.6 Å². The van der Waals surface area contributed by atoms with Gasteiger partial charge in [-0.15, -0.1) is 11.3 Å². The topological polar surface area (TPSA) is 74.2 Å². The SMILES string of the molecule is Cc1nc(CNC(=O)NC2CCCCCC2CO)c(C)s1. The van der Waals surface area contributed by atoms with Crippen LogP contribution in [-0.2, 0) is 6.54 Å². The maximum atomic E-state index is 12.0. The van der Waals surface area contributed by atoms with Crippen molar-refractivity contribution in [2.24, 2.45) is 5.92 Å². The van der Waals surface area contributed by atoms with Crippen LogP contribution in [0.25, 0.3) is 0 Å². The maximum absolute atomic E-state index is 12.0. The van der Waals surface area contributed by atoms with Crippen molar-refractivity contribution in [1.82, 2.24) is 15.6 Å². The first kappa shape index (κ1) is 16.2. The summed E-state index contributed by atoms with van der Waals surface area (Å²) in [5.41, 5.74) is 0.937. The number of hydrogen-bond donors (Lipinski definition) is 3. The lowest BCUT2D eigenvalue weighted by Crippen LogP contribution is -2.46. The number of urea groups is 1. The van der Waals surface area contributed by atoms with E-state index in [2.05, 4.69) is 15.6 Å². The number of carbonyl (C=O) groups excluding carboxylic acids is 1. The highest BCUT2D eigenvalue weighted by molar-refractivity contribution is 7.11. The molecule has 1 saturated carbocycles. The summed E-state index contributed by atoms with van der Waals surface area (Å²) in [6.45, 7) is 4.60. The Balaban J connectivity index is 1.84. The predicted molar refractivity (Wildman–Crippen MR) is 84.4 cm³/mol. The largest absolute Gasteiger partial charge is 0.396 e. The van der Waals surface area contributed by atoms with Gasteiger partial charge in [-0.1, -0.05) is 19.3 Å². The average molecular weight is 311 g/mol. The Hall–Kier alpha value is -1.14. The van der Waals surface area contributed by atoms with Crippen molar-refractivity contribution in [3.63, 3.8) is 0 Å². The number of carbonyl (C=O) groups is 1. The Kier molecular flexibility index (Phi) is 5.99. The molecule has 1 fully saturated rings. The summed E-state index contributed by atoms with van der Waals surface area (Å²) in [5.74, 6) is 0.182. The molecular weight excluding hydrogens is 286 g/mol. The smallest absolute Gasteiger partial charge is 0.315 e. The van der Waals surface area contributed by atoms with Gasteiger partial charge in [0.2, 0.25) is 0 Å². The second-order valence-electron chi connectivity index (χ2n) is 5.75. The normalized spacial score (nSPS) is 22.6. The highest BCUT2D eigenvalue weighted by atomic mass is 32.1. The maximum Gasteiger partial charge on any atom is 0.315 e. The summed E-state index contributed by atoms with van der Waals surface area (Å²) >= 11 is 1.65. The van der Waals surface area contributed by atoms with Gasteiger partial charge in [0.25, 0.3) is 0 Å². The molecule has 1 aromatic rings. The number of hydrogen-bond acceptors (Lipinski definition) is 4. The van der Waals surface area contributed by atoms with E-state index in [1.807, 2.05) is 13.8 Å². The van der Waals surface area contributed by atoms with E-state index in [0.717, 1.165) is 41.3 Å². The third-order valence-corrected chi connectivity index (χ3v) is 5.05. The Morgan fingerprint density at radius 2 is 2.10 bits per heavy atom. The molecule has 0 spiro atoms. The summed E-state index contributed by atoms with van der Waals surface area (Å²) < 4.78 is 0. The van der Waals surface area contributed by atoms with Crippen LogP contribution in [-0.4, -0.2) is 28.8 Å². The van der Waals surface area contributed by atoms with Crippen molar-refractivity contribution >= 4 is 17.4 Å². The number of aryl methyl sites for hydroxylation is 2. The molecule has 3 N–H and O–H groups in total. The van der Waals surface area contributed by atoms with Gasteiger partial charge >= 0.3 is 6.03 Å². The third-order valence-electron chi connectivity index (χ3n) is 4.13. The van der Waals surface area contributed by atoms with E-state index in [0.29, 0.717) is 6.54 Å². The van der Waals surface area contributed by atoms with Gasteiger partial charge in [0.1, 0.15) is 0 Å². The molecule has 0 saturated heterocycles. The number of aliphatic hydroxyl groups is 1. The fourth-order valence-electron chi connectivity index (χ4n) is 2.91. The highest BCUT2D eigenvalue weighted by Crippen LogP contribution is 2.23. The van der Waals surface area contributed by atoms with Crippen LogP contribution >= 0.6 is 11.3 Å². The molecule has 0 radical (unpaired) electrons. The number of rotatable bonds is 4. The molecule has 2 unspecified atom stereocenters. The number of aromatic nitrogens is 1. The van der Waals surface area contributed by atoms with E-state index in [1.54, 1.807) is 11.3 Å². The molecule has 1 aromatic heterocycles. The number of amides is 2. The fourth-order valence-corrected chi connectivity index (χ4v) is 3.75. The second-order valence-corrected chi connectivity index (χ2v) is 7.16. The van der Waals surface area contributed by atoms with Gasteiger partial charge in [0, 0.05) is 23.4 Å². The zero-order valence-electron chi connectivity index (χ0n) is 12.8. The van der Waals surface area contributed by atoms with E-state index < -0.39 is 0 Å². The molecule has 5 nitrogen and oxygen atoms in total. The minimum absolute atomic E-state index is 0.0794. The molecule has 2 atom stereocenters. The van der Waals surface area contributed by atoms with Crippen LogP contribution in [0.5, 0.6) is 0 Å². The van der Waals surface area contributed by atoms with E-state index in [1.165, 1.54) is 6.42 Å². The number of aliphatic hydroxyl groups excluding tert-OH is 1. The van der Waals surface area contributed by atoms with Crippen molar-refractivity contribution in [1.29, 1.82) is 0 Å². The van der Waals surface area contributed by atoms with Gasteiger partial charge in [-0.25, -0.2) is 9.78 Å². The number of thiazole rings is 1. The Bertz CT molecular complexity index is 475. The highest BCUT2D eigenvalue weighted by Gasteiger charge is 2.24. The van der Waals surface area contributed by atoms with Crippen LogP contribution in [0, 0.1) is 19.8 Å². The van der Waals surface area contributed by atoms with Gasteiger partial charge in [-0.3, -0.25) is 0 Å². The monoisotopic (exact) mass is 311 g/mol. The lowest BCUT2D eigenvalue weighted by atomic mass is 9.96. The Morgan fingerprint density at radius 3 is 2.76 bits per heavy atom. The van der Waals surface area contributed by atoms with Crippen LogP contribution in [0.2, 0.25) is 0 Å². The molecule has 6 heteroatoms. The van der Waals surface area contributed by atoms with Crippen molar-refractivity contribution in [3.05, 3.63) is 15.6 Å². The van der Waals surface area contributed by atoms with Crippen LogP contribution in [0.1, 0.15) is 47.7 Å². The molecule has 21 heavy (non-hydrogen) atoms. The van der Waals surface area contributed by atoms with Gasteiger partial charge in [-0.05, 0) is 26.7 Å². The van der Waals surface area contributed by atoms with Crippen molar-refractivity contribution in [3.8, 4) is 0 Å². The van der Waals surface area contributed by atoms with E-state index >= 15 is 0 Å². The second kappa shape index (κ2) is 7.75. The standard InChI is InChI=1S/C15H25N3O2S/c1-10-14(17-11(2)21-10)8-16-15(20)18-13-7-5-3-4-6-12(13)9-19/h12-13,19H,3-9H2,1-2H3,(H2,16,18,20). The summed E-state index contributed by atoms with van der Waals surface area (Å²) in [6.07, 6.45) is 5.39. The molecule has 0 aromatic carbocycles. The third kappa shape index (κ3) is 4.68. The minimum Gasteiger partial charge on any atom is -0.396 e. The van der Waals surface area contributed by atoms with Crippen molar-refractivity contribution in [2.45, 2.75) is 58.5 Å².